The minimum Gasteiger partial charge on any atom is -0.469 e. The highest BCUT2D eigenvalue weighted by Crippen LogP contribution is 2.40. The van der Waals surface area contributed by atoms with E-state index in [1.165, 1.54) is 32.8 Å². The number of hydrogen-bond acceptors (Lipinski definition) is 2. The molecule has 0 amide bonds. The number of carbonyl (C=O) groups is 1. The predicted molar refractivity (Wildman–Crippen MR) is 68.8 cm³/mol. The number of hydrogen-bond donors (Lipinski definition) is 0. The molecular weight excluding hydrogens is 224 g/mol. The Morgan fingerprint density at radius 3 is 2.06 bits per heavy atom. The Morgan fingerprint density at radius 2 is 1.69 bits per heavy atom. The highest BCUT2D eigenvalue weighted by atomic mass is 35.5. The quantitative estimate of drug-likeness (QED) is 0.695. The lowest BCUT2D eigenvalue weighted by Gasteiger charge is -2.36. The van der Waals surface area contributed by atoms with Crippen LogP contribution in [0.5, 0.6) is 0 Å². The van der Waals surface area contributed by atoms with E-state index in [1.54, 1.807) is 0 Å². The molecule has 0 spiro atoms. The van der Waals surface area contributed by atoms with Gasteiger partial charge in [0.2, 0.25) is 0 Å². The van der Waals surface area contributed by atoms with Gasteiger partial charge in [0.1, 0.15) is 0 Å². The van der Waals surface area contributed by atoms with Crippen LogP contribution in [0.2, 0.25) is 0 Å². The first kappa shape index (κ1) is 15.8. The Kier molecular flexibility index (Phi) is 6.39. The van der Waals surface area contributed by atoms with Gasteiger partial charge in [0.05, 0.1) is 7.11 Å². The van der Waals surface area contributed by atoms with Crippen molar-refractivity contribution in [2.75, 3.05) is 7.11 Å². The van der Waals surface area contributed by atoms with E-state index in [1.807, 2.05) is 0 Å². The van der Waals surface area contributed by atoms with Gasteiger partial charge in [-0.15, -0.1) is 12.4 Å². The lowest BCUT2D eigenvalue weighted by Crippen LogP contribution is -2.26. The van der Waals surface area contributed by atoms with Crippen molar-refractivity contribution in [3.63, 3.8) is 0 Å². The second kappa shape index (κ2) is 6.48. The zero-order chi connectivity index (χ0) is 11.5. The molecule has 0 radical (unpaired) electrons. The van der Waals surface area contributed by atoms with Crippen molar-refractivity contribution in [1.29, 1.82) is 0 Å². The lowest BCUT2D eigenvalue weighted by molar-refractivity contribution is -0.142. The third kappa shape index (κ3) is 4.73. The normalized spacial score (nSPS) is 25.8. The maximum absolute atomic E-state index is 11.1. The minimum atomic E-state index is -0.0470. The summed E-state index contributed by atoms with van der Waals surface area (Å²) in [5.74, 6) is 1.34. The average molecular weight is 249 g/mol. The van der Waals surface area contributed by atoms with Gasteiger partial charge >= 0.3 is 5.97 Å². The van der Waals surface area contributed by atoms with Crippen molar-refractivity contribution in [2.24, 2.45) is 17.3 Å². The van der Waals surface area contributed by atoms with E-state index >= 15 is 0 Å². The molecule has 1 fully saturated rings. The molecule has 0 aromatic rings. The molecule has 0 N–H and O–H groups in total. The topological polar surface area (TPSA) is 26.3 Å². The van der Waals surface area contributed by atoms with Crippen molar-refractivity contribution in [3.05, 3.63) is 0 Å². The van der Waals surface area contributed by atoms with Crippen molar-refractivity contribution >= 4 is 18.4 Å². The van der Waals surface area contributed by atoms with Crippen molar-refractivity contribution in [1.82, 2.24) is 0 Å². The Balaban J connectivity index is 0.00000225. The molecule has 0 heterocycles. The summed E-state index contributed by atoms with van der Waals surface area (Å²) in [7, 11) is 1.48. The monoisotopic (exact) mass is 248 g/mol. The Morgan fingerprint density at radius 1 is 1.19 bits per heavy atom. The molecule has 1 saturated carbocycles. The molecule has 0 aliphatic heterocycles. The fourth-order valence-corrected chi connectivity index (χ4v) is 2.55. The van der Waals surface area contributed by atoms with Crippen LogP contribution in [0, 0.1) is 17.3 Å². The summed E-state index contributed by atoms with van der Waals surface area (Å²) >= 11 is 0. The highest BCUT2D eigenvalue weighted by molar-refractivity contribution is 5.85. The Bertz CT molecular complexity index is 212. The van der Waals surface area contributed by atoms with Gasteiger partial charge in [-0.05, 0) is 42.9 Å². The zero-order valence-electron chi connectivity index (χ0n) is 10.9. The summed E-state index contributed by atoms with van der Waals surface area (Å²) in [5, 5.41) is 0. The van der Waals surface area contributed by atoms with E-state index in [0.717, 1.165) is 5.92 Å². The van der Waals surface area contributed by atoms with E-state index in [-0.39, 0.29) is 18.4 Å². The van der Waals surface area contributed by atoms with Crippen LogP contribution in [0.4, 0.5) is 0 Å². The van der Waals surface area contributed by atoms with Crippen LogP contribution in [-0.2, 0) is 9.53 Å². The maximum Gasteiger partial charge on any atom is 0.305 e. The van der Waals surface area contributed by atoms with Crippen molar-refractivity contribution in [3.8, 4) is 0 Å². The number of esters is 1. The summed E-state index contributed by atoms with van der Waals surface area (Å²) in [6, 6.07) is 0. The number of carbonyl (C=O) groups excluding carboxylic acids is 1. The molecule has 96 valence electrons. The lowest BCUT2D eigenvalue weighted by atomic mass is 9.69. The molecule has 0 unspecified atom stereocenters. The van der Waals surface area contributed by atoms with Crippen LogP contribution in [0.1, 0.15) is 52.9 Å². The Hall–Kier alpha value is -0.240. The first-order valence-corrected chi connectivity index (χ1v) is 6.00. The minimum absolute atomic E-state index is 0. The van der Waals surface area contributed by atoms with Crippen LogP contribution >= 0.6 is 12.4 Å². The van der Waals surface area contributed by atoms with Gasteiger partial charge in [-0.2, -0.15) is 0 Å². The van der Waals surface area contributed by atoms with Crippen LogP contribution in [0.25, 0.3) is 0 Å². The standard InChI is InChI=1S/C13H24O2.ClH/c1-13(2,3)11-7-5-10(6-8-11)9-12(14)15-4;/h10-11H,5-9H2,1-4H3;1H. The molecule has 1 aliphatic rings. The van der Waals surface area contributed by atoms with Crippen molar-refractivity contribution < 1.29 is 9.53 Å². The maximum atomic E-state index is 11.1. The number of rotatable bonds is 2. The van der Waals surface area contributed by atoms with Gasteiger partial charge in [-0.3, -0.25) is 4.79 Å². The Labute approximate surface area is 106 Å². The number of ether oxygens (including phenoxy) is 1. The van der Waals surface area contributed by atoms with E-state index in [9.17, 15) is 4.79 Å². The molecule has 16 heavy (non-hydrogen) atoms. The molecule has 0 bridgehead atoms. The fourth-order valence-electron chi connectivity index (χ4n) is 2.55. The summed E-state index contributed by atoms with van der Waals surface area (Å²) in [6.07, 6.45) is 5.54. The second-order valence-electron chi connectivity index (χ2n) is 5.86. The van der Waals surface area contributed by atoms with Crippen LogP contribution < -0.4 is 0 Å². The van der Waals surface area contributed by atoms with Gasteiger partial charge in [0.25, 0.3) is 0 Å². The van der Waals surface area contributed by atoms with Gasteiger partial charge in [-0.1, -0.05) is 20.8 Å². The van der Waals surface area contributed by atoms with Gasteiger partial charge in [0.15, 0.2) is 0 Å². The SMILES string of the molecule is COC(=O)CC1CCC(C(C)(C)C)CC1.Cl. The molecule has 1 aliphatic carbocycles. The molecule has 0 aromatic heterocycles. The third-order valence-electron chi connectivity index (χ3n) is 3.75. The van der Waals surface area contributed by atoms with Crippen molar-refractivity contribution in [2.45, 2.75) is 52.9 Å². The zero-order valence-corrected chi connectivity index (χ0v) is 11.7. The van der Waals surface area contributed by atoms with Crippen LogP contribution in [-0.4, -0.2) is 13.1 Å². The third-order valence-corrected chi connectivity index (χ3v) is 3.75. The predicted octanol–water partition coefficient (Wildman–Crippen LogP) is 3.82. The van der Waals surface area contributed by atoms with Crippen LogP contribution in [0.15, 0.2) is 0 Å². The van der Waals surface area contributed by atoms with Crippen LogP contribution in [0.3, 0.4) is 0 Å². The smallest absolute Gasteiger partial charge is 0.305 e. The number of halogens is 1. The van der Waals surface area contributed by atoms with Gasteiger partial charge in [0, 0.05) is 6.42 Å². The molecule has 2 nitrogen and oxygen atoms in total. The molecule has 1 rings (SSSR count). The van der Waals surface area contributed by atoms with Gasteiger partial charge < -0.3 is 4.74 Å². The summed E-state index contributed by atoms with van der Waals surface area (Å²) in [4.78, 5) is 11.1. The molecule has 0 aromatic carbocycles. The van der Waals surface area contributed by atoms with E-state index < -0.39 is 0 Å². The highest BCUT2D eigenvalue weighted by Gasteiger charge is 2.30. The van der Waals surface area contributed by atoms with E-state index in [2.05, 4.69) is 20.8 Å². The van der Waals surface area contributed by atoms with E-state index in [4.69, 9.17) is 4.74 Å². The molecule has 0 atom stereocenters. The fraction of sp³-hybridized carbons (Fsp3) is 0.923. The molecular formula is C13H25ClO2. The van der Waals surface area contributed by atoms with E-state index in [0.29, 0.717) is 17.8 Å². The summed E-state index contributed by atoms with van der Waals surface area (Å²) in [6.45, 7) is 6.95. The average Bonchev–Trinajstić information content (AvgIpc) is 2.17. The molecule has 0 saturated heterocycles. The largest absolute Gasteiger partial charge is 0.469 e. The molecule has 3 heteroatoms. The summed E-state index contributed by atoms with van der Waals surface area (Å²) < 4.78 is 4.71. The summed E-state index contributed by atoms with van der Waals surface area (Å²) in [5.41, 5.74) is 0.427. The first-order valence-electron chi connectivity index (χ1n) is 6.00. The second-order valence-corrected chi connectivity index (χ2v) is 5.86. The first-order chi connectivity index (χ1) is 6.93. The van der Waals surface area contributed by atoms with Gasteiger partial charge in [-0.25, -0.2) is 0 Å². The number of methoxy groups -OCH3 is 1.